The zero-order chi connectivity index (χ0) is 22.1. The summed E-state index contributed by atoms with van der Waals surface area (Å²) in [6.07, 6.45) is -4.39. The van der Waals surface area contributed by atoms with Crippen LogP contribution in [0.3, 0.4) is 0 Å². The molecule has 10 heteroatoms. The smallest absolute Gasteiger partial charge is 0.370 e. The molecule has 0 spiro atoms. The number of carbonyl (C=O) groups is 2. The molecule has 6 nitrogen and oxygen atoms in total. The van der Waals surface area contributed by atoms with Crippen LogP contribution < -0.4 is 11.5 Å². The molecule has 3 rings (SSSR count). The maximum Gasteiger partial charge on any atom is 0.416 e. The first-order valence-corrected chi connectivity index (χ1v) is 8.96. The monoisotopic (exact) mass is 422 g/mol. The average Bonchev–Trinajstić information content (AvgIpc) is 3.16. The molecule has 0 saturated carbocycles. The number of aliphatic imine (C=N–C) groups is 1. The minimum atomic E-state index is -4.71. The predicted molar refractivity (Wildman–Crippen MR) is 101 cm³/mol. The molecule has 2 aromatic rings. The van der Waals surface area contributed by atoms with Gasteiger partial charge in [0, 0.05) is 30.1 Å². The lowest BCUT2D eigenvalue weighted by Crippen LogP contribution is -2.28. The van der Waals surface area contributed by atoms with E-state index in [9.17, 15) is 27.2 Å². The summed E-state index contributed by atoms with van der Waals surface area (Å²) in [5.74, 6) is -2.98. The Morgan fingerprint density at radius 3 is 2.27 bits per heavy atom. The molecular weight excluding hydrogens is 404 g/mol. The van der Waals surface area contributed by atoms with Crippen molar-refractivity contribution in [2.75, 3.05) is 13.1 Å². The molecule has 2 aromatic carbocycles. The average molecular weight is 422 g/mol. The van der Waals surface area contributed by atoms with Crippen molar-refractivity contribution in [3.05, 3.63) is 70.5 Å². The summed E-state index contributed by atoms with van der Waals surface area (Å²) in [6, 6.07) is 8.11. The van der Waals surface area contributed by atoms with Crippen molar-refractivity contribution in [1.29, 1.82) is 0 Å². The van der Waals surface area contributed by atoms with Crippen molar-refractivity contribution in [1.82, 2.24) is 4.90 Å². The van der Waals surface area contributed by atoms with Gasteiger partial charge in [-0.2, -0.15) is 18.2 Å². The highest BCUT2D eigenvalue weighted by Crippen LogP contribution is 2.39. The summed E-state index contributed by atoms with van der Waals surface area (Å²) in [5.41, 5.74) is 9.19. The molecule has 0 aliphatic carbocycles. The first kappa shape index (κ1) is 21.3. The van der Waals surface area contributed by atoms with Crippen LogP contribution in [0, 0.1) is 5.82 Å². The van der Waals surface area contributed by atoms with Gasteiger partial charge in [-0.05, 0) is 48.4 Å². The topological polar surface area (TPSA) is 102 Å². The number of alkyl halides is 3. The number of nitrogens with two attached hydrogens (primary N) is 2. The molecule has 2 amide bonds. The Bertz CT molecular complexity index is 999. The van der Waals surface area contributed by atoms with Gasteiger partial charge >= 0.3 is 6.18 Å². The molecule has 1 atom stereocenters. The van der Waals surface area contributed by atoms with Gasteiger partial charge in [-0.3, -0.25) is 9.59 Å². The number of carbonyl (C=O) groups excluding carboxylic acids is 2. The molecule has 1 saturated heterocycles. The first-order chi connectivity index (χ1) is 14.1. The standard InChI is InChI=1S/C20H18F4N4O2/c21-14-4-1-11(2-5-14)18(30)28-8-7-13(10-28)15-6-3-12(17(29)27-19(25)26)9-16(15)20(22,23)24/h1-6,9,13H,7-8,10H2,(H4,25,26,27,29)/t13-/m0/s1. The van der Waals surface area contributed by atoms with Crippen LogP contribution in [0.5, 0.6) is 0 Å². The summed E-state index contributed by atoms with van der Waals surface area (Å²) in [4.78, 5) is 29.1. The third-order valence-electron chi connectivity index (χ3n) is 4.84. The van der Waals surface area contributed by atoms with Gasteiger partial charge in [-0.1, -0.05) is 6.07 Å². The van der Waals surface area contributed by atoms with Crippen molar-refractivity contribution in [2.24, 2.45) is 16.5 Å². The van der Waals surface area contributed by atoms with E-state index < -0.39 is 35.3 Å². The van der Waals surface area contributed by atoms with Crippen molar-refractivity contribution in [2.45, 2.75) is 18.5 Å². The van der Waals surface area contributed by atoms with E-state index in [4.69, 9.17) is 11.5 Å². The summed E-state index contributed by atoms with van der Waals surface area (Å²) < 4.78 is 54.0. The Hall–Kier alpha value is -3.43. The molecule has 0 radical (unpaired) electrons. The number of hydrogen-bond acceptors (Lipinski definition) is 2. The second kappa shape index (κ2) is 8.13. The summed E-state index contributed by atoms with van der Waals surface area (Å²) in [6.45, 7) is 0.327. The minimum Gasteiger partial charge on any atom is -0.370 e. The van der Waals surface area contributed by atoms with Crippen molar-refractivity contribution in [3.8, 4) is 0 Å². The van der Waals surface area contributed by atoms with E-state index in [1.54, 1.807) is 0 Å². The second-order valence-electron chi connectivity index (χ2n) is 6.89. The summed E-state index contributed by atoms with van der Waals surface area (Å²) >= 11 is 0. The lowest BCUT2D eigenvalue weighted by molar-refractivity contribution is -0.138. The minimum absolute atomic E-state index is 0.0156. The molecule has 158 valence electrons. The zero-order valence-electron chi connectivity index (χ0n) is 15.6. The Morgan fingerprint density at radius 1 is 1.03 bits per heavy atom. The highest BCUT2D eigenvalue weighted by Gasteiger charge is 2.38. The van der Waals surface area contributed by atoms with Gasteiger partial charge in [0.2, 0.25) is 0 Å². The number of guanidine groups is 1. The van der Waals surface area contributed by atoms with Crippen LogP contribution in [0.2, 0.25) is 0 Å². The lowest BCUT2D eigenvalue weighted by Gasteiger charge is -2.20. The maximum atomic E-state index is 13.7. The van der Waals surface area contributed by atoms with E-state index in [-0.39, 0.29) is 35.7 Å². The van der Waals surface area contributed by atoms with Crippen LogP contribution in [0.15, 0.2) is 47.5 Å². The summed E-state index contributed by atoms with van der Waals surface area (Å²) in [5, 5.41) is 0. The van der Waals surface area contributed by atoms with E-state index in [2.05, 4.69) is 4.99 Å². The van der Waals surface area contributed by atoms with E-state index in [1.807, 2.05) is 0 Å². The number of benzene rings is 2. The molecule has 30 heavy (non-hydrogen) atoms. The Balaban J connectivity index is 1.86. The zero-order valence-corrected chi connectivity index (χ0v) is 15.6. The van der Waals surface area contributed by atoms with Crippen molar-refractivity contribution < 1.29 is 27.2 Å². The quantitative estimate of drug-likeness (QED) is 0.451. The second-order valence-corrected chi connectivity index (χ2v) is 6.89. The Labute approximate surface area is 169 Å². The van der Waals surface area contributed by atoms with Crippen molar-refractivity contribution >= 4 is 17.8 Å². The van der Waals surface area contributed by atoms with Crippen molar-refractivity contribution in [3.63, 3.8) is 0 Å². The van der Waals surface area contributed by atoms with Gasteiger partial charge in [0.05, 0.1) is 5.56 Å². The fraction of sp³-hybridized carbons (Fsp3) is 0.250. The van der Waals surface area contributed by atoms with Crippen LogP contribution in [0.4, 0.5) is 17.6 Å². The van der Waals surface area contributed by atoms with Crippen LogP contribution in [0.1, 0.15) is 44.2 Å². The summed E-state index contributed by atoms with van der Waals surface area (Å²) in [7, 11) is 0. The third-order valence-corrected chi connectivity index (χ3v) is 4.84. The molecule has 4 N–H and O–H groups in total. The van der Waals surface area contributed by atoms with Gasteiger partial charge in [0.25, 0.3) is 11.8 Å². The third kappa shape index (κ3) is 4.58. The van der Waals surface area contributed by atoms with E-state index >= 15 is 0 Å². The fourth-order valence-corrected chi connectivity index (χ4v) is 3.45. The maximum absolute atomic E-state index is 13.7. The van der Waals surface area contributed by atoms with Gasteiger partial charge < -0.3 is 16.4 Å². The van der Waals surface area contributed by atoms with Gasteiger partial charge in [0.1, 0.15) is 5.82 Å². The largest absolute Gasteiger partial charge is 0.416 e. The highest BCUT2D eigenvalue weighted by molar-refractivity contribution is 6.02. The fourth-order valence-electron chi connectivity index (χ4n) is 3.45. The normalized spacial score (nSPS) is 16.4. The molecule has 1 aliphatic rings. The van der Waals surface area contributed by atoms with Gasteiger partial charge in [-0.25, -0.2) is 4.39 Å². The predicted octanol–water partition coefficient (Wildman–Crippen LogP) is 2.89. The highest BCUT2D eigenvalue weighted by atomic mass is 19.4. The molecule has 0 bridgehead atoms. The molecule has 1 aliphatic heterocycles. The number of likely N-dealkylation sites (tertiary alicyclic amines) is 1. The first-order valence-electron chi connectivity index (χ1n) is 8.96. The molecule has 0 unspecified atom stereocenters. The van der Waals surface area contributed by atoms with Crippen LogP contribution in [0.25, 0.3) is 0 Å². The van der Waals surface area contributed by atoms with Crippen LogP contribution in [-0.4, -0.2) is 35.8 Å². The van der Waals surface area contributed by atoms with Crippen LogP contribution in [-0.2, 0) is 6.18 Å². The number of halogens is 4. The van der Waals surface area contributed by atoms with E-state index in [0.29, 0.717) is 12.5 Å². The Kier molecular flexibility index (Phi) is 5.77. The lowest BCUT2D eigenvalue weighted by atomic mass is 9.91. The van der Waals surface area contributed by atoms with Gasteiger partial charge in [0.15, 0.2) is 5.96 Å². The number of amides is 2. The number of rotatable bonds is 3. The van der Waals surface area contributed by atoms with Gasteiger partial charge in [-0.15, -0.1) is 0 Å². The Morgan fingerprint density at radius 2 is 1.67 bits per heavy atom. The van der Waals surface area contributed by atoms with E-state index in [1.165, 1.54) is 29.2 Å². The molecule has 1 fully saturated rings. The van der Waals surface area contributed by atoms with Crippen LogP contribution >= 0.6 is 0 Å². The number of hydrogen-bond donors (Lipinski definition) is 2. The van der Waals surface area contributed by atoms with E-state index in [0.717, 1.165) is 12.1 Å². The number of nitrogens with zero attached hydrogens (tertiary/aromatic N) is 2. The molecule has 0 aromatic heterocycles. The molecular formula is C20H18F4N4O2. The molecule has 1 heterocycles. The SMILES string of the molecule is NC(N)=NC(=O)c1ccc([C@H]2CCN(C(=O)c3ccc(F)cc3)C2)c(C(F)(F)F)c1.